The van der Waals surface area contributed by atoms with E-state index in [0.29, 0.717) is 12.2 Å². The zero-order chi connectivity index (χ0) is 17.9. The third-order valence-electron chi connectivity index (χ3n) is 3.50. The lowest BCUT2D eigenvalue weighted by Crippen LogP contribution is -2.42. The van der Waals surface area contributed by atoms with Crippen molar-refractivity contribution in [2.45, 2.75) is 12.5 Å². The van der Waals surface area contributed by atoms with Gasteiger partial charge in [-0.1, -0.05) is 11.6 Å². The van der Waals surface area contributed by atoms with Gasteiger partial charge in [0.2, 0.25) is 0 Å². The van der Waals surface area contributed by atoms with Gasteiger partial charge in [0.1, 0.15) is 11.5 Å². The average molecular weight is 377 g/mol. The number of ether oxygens (including phenoxy) is 2. The van der Waals surface area contributed by atoms with Crippen molar-refractivity contribution < 1.29 is 27.5 Å². The number of hydrogen-bond donors (Lipinski definition) is 2. The van der Waals surface area contributed by atoms with Crippen LogP contribution >= 0.6 is 11.6 Å². The highest BCUT2D eigenvalue weighted by Gasteiger charge is 2.30. The number of amides is 2. The normalized spacial score (nSPS) is 18.7. The molecule has 2 rings (SSSR count). The van der Waals surface area contributed by atoms with Crippen LogP contribution in [0.1, 0.15) is 6.42 Å². The summed E-state index contributed by atoms with van der Waals surface area (Å²) in [5, 5.41) is 5.08. The molecule has 0 saturated carbocycles. The fourth-order valence-electron chi connectivity index (χ4n) is 2.30. The molecule has 0 aliphatic carbocycles. The molecule has 132 valence electrons. The van der Waals surface area contributed by atoms with Gasteiger partial charge in [-0.05, 0) is 6.42 Å². The maximum atomic E-state index is 12.0. The van der Waals surface area contributed by atoms with E-state index in [9.17, 15) is 18.0 Å². The minimum Gasteiger partial charge on any atom is -0.495 e. The number of hydrogen-bond acceptors (Lipinski definition) is 6. The van der Waals surface area contributed by atoms with Gasteiger partial charge >= 0.3 is 11.8 Å². The fraction of sp³-hybridized carbons (Fsp3) is 0.429. The number of halogens is 1. The van der Waals surface area contributed by atoms with Crippen molar-refractivity contribution in [1.82, 2.24) is 5.32 Å². The van der Waals surface area contributed by atoms with Crippen LogP contribution in [0, 0.1) is 0 Å². The van der Waals surface area contributed by atoms with Crippen LogP contribution in [0.2, 0.25) is 5.02 Å². The lowest BCUT2D eigenvalue weighted by atomic mass is 10.2. The number of nitrogens with one attached hydrogen (secondary N) is 2. The molecule has 1 aromatic carbocycles. The average Bonchev–Trinajstić information content (AvgIpc) is 2.87. The predicted octanol–water partition coefficient (Wildman–Crippen LogP) is 0.599. The van der Waals surface area contributed by atoms with Crippen LogP contribution < -0.4 is 20.1 Å². The molecule has 0 aromatic heterocycles. The molecule has 24 heavy (non-hydrogen) atoms. The maximum absolute atomic E-state index is 12.0. The monoisotopic (exact) mass is 376 g/mol. The van der Waals surface area contributed by atoms with E-state index in [0.717, 1.165) is 0 Å². The zero-order valence-corrected chi connectivity index (χ0v) is 14.7. The molecule has 1 saturated heterocycles. The van der Waals surface area contributed by atoms with Gasteiger partial charge in [0.25, 0.3) is 0 Å². The Kier molecular flexibility index (Phi) is 5.55. The van der Waals surface area contributed by atoms with Gasteiger partial charge < -0.3 is 20.1 Å². The Morgan fingerprint density at radius 3 is 2.38 bits per heavy atom. The topological polar surface area (TPSA) is 111 Å². The van der Waals surface area contributed by atoms with E-state index < -0.39 is 27.7 Å². The molecule has 1 unspecified atom stereocenters. The largest absolute Gasteiger partial charge is 0.495 e. The summed E-state index contributed by atoms with van der Waals surface area (Å²) in [6, 6.07) is 2.30. The molecule has 1 heterocycles. The highest BCUT2D eigenvalue weighted by Crippen LogP contribution is 2.35. The Morgan fingerprint density at radius 2 is 1.83 bits per heavy atom. The minimum absolute atomic E-state index is 0.00176. The molecule has 0 bridgehead atoms. The van der Waals surface area contributed by atoms with Crippen LogP contribution in [0.5, 0.6) is 11.5 Å². The van der Waals surface area contributed by atoms with Crippen LogP contribution in [-0.4, -0.2) is 52.0 Å². The van der Waals surface area contributed by atoms with Crippen LogP contribution in [0.15, 0.2) is 12.1 Å². The summed E-state index contributed by atoms with van der Waals surface area (Å²) in [4.78, 5) is 23.9. The van der Waals surface area contributed by atoms with E-state index in [1.54, 1.807) is 0 Å². The first-order valence-corrected chi connectivity index (χ1v) is 9.19. The van der Waals surface area contributed by atoms with E-state index in [2.05, 4.69) is 10.6 Å². The van der Waals surface area contributed by atoms with Gasteiger partial charge in [0, 0.05) is 18.2 Å². The summed E-state index contributed by atoms with van der Waals surface area (Å²) in [6.07, 6.45) is 0.291. The zero-order valence-electron chi connectivity index (χ0n) is 13.1. The Morgan fingerprint density at radius 1 is 1.17 bits per heavy atom. The third kappa shape index (κ3) is 4.30. The fourth-order valence-corrected chi connectivity index (χ4v) is 4.20. The molecule has 1 aliphatic rings. The van der Waals surface area contributed by atoms with E-state index in [-0.39, 0.29) is 28.0 Å². The lowest BCUT2D eigenvalue weighted by Gasteiger charge is -2.14. The second-order valence-corrected chi connectivity index (χ2v) is 7.85. The smallest absolute Gasteiger partial charge is 0.313 e. The number of carbonyl (C=O) groups is 2. The number of anilines is 1. The van der Waals surface area contributed by atoms with Gasteiger partial charge in [0.05, 0.1) is 36.4 Å². The van der Waals surface area contributed by atoms with Gasteiger partial charge in [-0.25, -0.2) is 8.42 Å². The molecule has 0 radical (unpaired) electrons. The molecule has 1 fully saturated rings. The summed E-state index contributed by atoms with van der Waals surface area (Å²) in [5.41, 5.74) is 0.206. The van der Waals surface area contributed by atoms with E-state index >= 15 is 0 Å². The standard InChI is InChI=1S/C14H17ClN2O6S/c1-22-11-6-10(12(23-2)5-9(11)15)17-14(19)13(18)16-8-3-4-24(20,21)7-8/h5-6,8H,3-4,7H2,1-2H3,(H,16,18)(H,17,19). The van der Waals surface area contributed by atoms with Crippen LogP contribution in [0.25, 0.3) is 0 Å². The summed E-state index contributed by atoms with van der Waals surface area (Å²) in [6.45, 7) is 0. The highest BCUT2D eigenvalue weighted by molar-refractivity contribution is 7.91. The third-order valence-corrected chi connectivity index (χ3v) is 5.56. The minimum atomic E-state index is -3.15. The maximum Gasteiger partial charge on any atom is 0.313 e. The highest BCUT2D eigenvalue weighted by atomic mass is 35.5. The first-order valence-electron chi connectivity index (χ1n) is 6.99. The van der Waals surface area contributed by atoms with Gasteiger partial charge in [-0.2, -0.15) is 0 Å². The second-order valence-electron chi connectivity index (χ2n) is 5.21. The molecule has 1 aliphatic heterocycles. The number of benzene rings is 1. The molecule has 1 atom stereocenters. The predicted molar refractivity (Wildman–Crippen MR) is 88.4 cm³/mol. The first kappa shape index (κ1) is 18.3. The van der Waals surface area contributed by atoms with E-state index in [1.165, 1.54) is 26.4 Å². The van der Waals surface area contributed by atoms with E-state index in [4.69, 9.17) is 21.1 Å². The Labute approximate surface area is 144 Å². The van der Waals surface area contributed by atoms with Crippen molar-refractivity contribution in [3.8, 4) is 11.5 Å². The van der Waals surface area contributed by atoms with Crippen LogP contribution in [0.4, 0.5) is 5.69 Å². The molecular formula is C14H17ClN2O6S. The SMILES string of the molecule is COc1cc(NC(=O)C(=O)NC2CCS(=O)(=O)C2)c(OC)cc1Cl. The Balaban J connectivity index is 2.07. The first-order chi connectivity index (χ1) is 11.3. The summed E-state index contributed by atoms with van der Waals surface area (Å²) in [7, 11) is -0.352. The Hall–Kier alpha value is -2.00. The summed E-state index contributed by atoms with van der Waals surface area (Å²) < 4.78 is 32.9. The molecule has 10 heteroatoms. The Bertz CT molecular complexity index is 765. The van der Waals surface area contributed by atoms with Crippen molar-refractivity contribution in [2.75, 3.05) is 31.0 Å². The number of carbonyl (C=O) groups excluding carboxylic acids is 2. The molecule has 2 N–H and O–H groups in total. The number of methoxy groups -OCH3 is 2. The number of rotatable bonds is 4. The van der Waals surface area contributed by atoms with Crippen molar-refractivity contribution >= 4 is 38.9 Å². The molecule has 2 amide bonds. The van der Waals surface area contributed by atoms with Crippen LogP contribution in [0.3, 0.4) is 0 Å². The van der Waals surface area contributed by atoms with Crippen molar-refractivity contribution in [1.29, 1.82) is 0 Å². The molecular weight excluding hydrogens is 360 g/mol. The summed E-state index contributed by atoms with van der Waals surface area (Å²) in [5.74, 6) is -1.47. The lowest BCUT2D eigenvalue weighted by molar-refractivity contribution is -0.136. The van der Waals surface area contributed by atoms with Crippen molar-refractivity contribution in [3.63, 3.8) is 0 Å². The van der Waals surface area contributed by atoms with Gasteiger partial charge in [0.15, 0.2) is 9.84 Å². The van der Waals surface area contributed by atoms with Gasteiger partial charge in [-0.3, -0.25) is 9.59 Å². The van der Waals surface area contributed by atoms with Crippen LogP contribution in [-0.2, 0) is 19.4 Å². The van der Waals surface area contributed by atoms with Crippen molar-refractivity contribution in [2.24, 2.45) is 0 Å². The molecule has 1 aromatic rings. The van der Waals surface area contributed by atoms with E-state index in [1.807, 2.05) is 0 Å². The molecule has 0 spiro atoms. The van der Waals surface area contributed by atoms with Gasteiger partial charge in [-0.15, -0.1) is 0 Å². The quantitative estimate of drug-likeness (QED) is 0.744. The second kappa shape index (κ2) is 7.27. The summed E-state index contributed by atoms with van der Waals surface area (Å²) >= 11 is 5.97. The molecule has 8 nitrogen and oxygen atoms in total. The van der Waals surface area contributed by atoms with Crippen molar-refractivity contribution in [3.05, 3.63) is 17.2 Å². The number of sulfone groups is 1.